The first kappa shape index (κ1) is 19.1. The number of anilines is 1. The van der Waals surface area contributed by atoms with E-state index in [1.54, 1.807) is 7.11 Å². The first-order valence-corrected chi connectivity index (χ1v) is 9.94. The molecule has 1 aromatic heterocycles. The minimum absolute atomic E-state index is 0.0366. The van der Waals surface area contributed by atoms with Crippen LogP contribution in [0.1, 0.15) is 52.1 Å². The Labute approximate surface area is 171 Å². The molecule has 0 saturated heterocycles. The van der Waals surface area contributed by atoms with Gasteiger partial charge in [-0.05, 0) is 42.9 Å². The quantitative estimate of drug-likeness (QED) is 0.712. The van der Waals surface area contributed by atoms with E-state index in [1.807, 2.05) is 25.1 Å². The molecule has 2 N–H and O–H groups in total. The highest BCUT2D eigenvalue weighted by molar-refractivity contribution is 6.00. The average Bonchev–Trinajstić information content (AvgIpc) is 2.72. The van der Waals surface area contributed by atoms with Gasteiger partial charge in [-0.1, -0.05) is 48.9 Å². The zero-order chi connectivity index (χ0) is 20.5. The van der Waals surface area contributed by atoms with Crippen LogP contribution in [0.5, 0.6) is 5.75 Å². The lowest BCUT2D eigenvalue weighted by Gasteiger charge is -2.27. The lowest BCUT2D eigenvalue weighted by atomic mass is 9.78. The maximum atomic E-state index is 13.1. The van der Waals surface area contributed by atoms with Crippen molar-refractivity contribution in [3.05, 3.63) is 70.5 Å². The van der Waals surface area contributed by atoms with Gasteiger partial charge in [0.25, 0.3) is 0 Å². The summed E-state index contributed by atoms with van der Waals surface area (Å²) in [6.45, 7) is 4.06. The number of carbonyl (C=O) groups excluding carboxylic acids is 1. The van der Waals surface area contributed by atoms with Crippen molar-refractivity contribution in [2.24, 2.45) is 0 Å². The molecule has 0 radical (unpaired) electrons. The topological polar surface area (TPSA) is 78.1 Å². The lowest BCUT2D eigenvalue weighted by molar-refractivity contribution is 0.0961. The van der Waals surface area contributed by atoms with Crippen LogP contribution in [-0.2, 0) is 12.8 Å². The number of carbonyl (C=O) groups is 1. The summed E-state index contributed by atoms with van der Waals surface area (Å²) < 4.78 is 5.60. The van der Waals surface area contributed by atoms with Crippen LogP contribution in [0.4, 0.5) is 5.95 Å². The molecule has 3 aromatic rings. The number of fused-ring (bicyclic) bond motifs is 1. The molecular formula is C24H25N3O2. The van der Waals surface area contributed by atoms with Crippen LogP contribution >= 0.6 is 0 Å². The van der Waals surface area contributed by atoms with E-state index in [0.717, 1.165) is 39.4 Å². The molecular weight excluding hydrogens is 362 g/mol. The number of nitrogens with zero attached hydrogens (tertiary/aromatic N) is 2. The third-order valence-corrected chi connectivity index (χ3v) is 5.61. The van der Waals surface area contributed by atoms with Crippen LogP contribution < -0.4 is 10.5 Å². The minimum Gasteiger partial charge on any atom is -0.496 e. The van der Waals surface area contributed by atoms with Gasteiger partial charge in [-0.2, -0.15) is 0 Å². The van der Waals surface area contributed by atoms with Crippen molar-refractivity contribution in [3.8, 4) is 16.9 Å². The normalized spacial score (nSPS) is 15.8. The highest BCUT2D eigenvalue weighted by atomic mass is 16.5. The SMILES string of the molecule is CCc1nc(N)nc2c1C(=O)CC(c1ccc(C)cc1-c1ccccc1OC)C2. The third kappa shape index (κ3) is 3.48. The van der Waals surface area contributed by atoms with Gasteiger partial charge in [-0.3, -0.25) is 4.79 Å². The Morgan fingerprint density at radius 1 is 1.10 bits per heavy atom. The predicted octanol–water partition coefficient (Wildman–Crippen LogP) is 4.52. The number of benzene rings is 2. The number of ether oxygens (including phenoxy) is 1. The van der Waals surface area contributed by atoms with Gasteiger partial charge in [0.1, 0.15) is 5.75 Å². The van der Waals surface area contributed by atoms with Gasteiger partial charge in [0.2, 0.25) is 5.95 Å². The molecule has 0 bridgehead atoms. The molecule has 0 fully saturated rings. The predicted molar refractivity (Wildman–Crippen MR) is 114 cm³/mol. The molecule has 0 amide bonds. The number of aromatic nitrogens is 2. The summed E-state index contributed by atoms with van der Waals surface area (Å²) in [5, 5.41) is 0. The van der Waals surface area contributed by atoms with Crippen molar-refractivity contribution < 1.29 is 9.53 Å². The largest absolute Gasteiger partial charge is 0.496 e. The Bertz CT molecular complexity index is 1090. The number of para-hydroxylation sites is 1. The monoisotopic (exact) mass is 387 g/mol. The van der Waals surface area contributed by atoms with Gasteiger partial charge in [0.15, 0.2) is 5.78 Å². The summed E-state index contributed by atoms with van der Waals surface area (Å²) in [6, 6.07) is 14.4. The number of ketones is 1. The molecule has 1 unspecified atom stereocenters. The van der Waals surface area contributed by atoms with Crippen molar-refractivity contribution in [1.29, 1.82) is 0 Å². The highest BCUT2D eigenvalue weighted by Gasteiger charge is 2.31. The molecule has 0 spiro atoms. The maximum absolute atomic E-state index is 13.1. The average molecular weight is 387 g/mol. The van der Waals surface area contributed by atoms with Crippen molar-refractivity contribution in [1.82, 2.24) is 9.97 Å². The van der Waals surface area contributed by atoms with Crippen molar-refractivity contribution >= 4 is 11.7 Å². The molecule has 1 aliphatic carbocycles. The van der Waals surface area contributed by atoms with Crippen LogP contribution in [0.15, 0.2) is 42.5 Å². The van der Waals surface area contributed by atoms with Crippen LogP contribution in [0, 0.1) is 6.92 Å². The number of methoxy groups -OCH3 is 1. The first-order valence-electron chi connectivity index (χ1n) is 9.94. The second kappa shape index (κ2) is 7.66. The molecule has 5 nitrogen and oxygen atoms in total. The van der Waals surface area contributed by atoms with E-state index in [4.69, 9.17) is 10.5 Å². The number of aryl methyl sites for hydroxylation is 2. The molecule has 1 heterocycles. The van der Waals surface area contributed by atoms with Crippen LogP contribution in [0.3, 0.4) is 0 Å². The molecule has 1 atom stereocenters. The molecule has 0 saturated carbocycles. The number of hydrogen-bond acceptors (Lipinski definition) is 5. The van der Waals surface area contributed by atoms with Crippen molar-refractivity contribution in [3.63, 3.8) is 0 Å². The number of hydrogen-bond donors (Lipinski definition) is 1. The lowest BCUT2D eigenvalue weighted by Crippen LogP contribution is -2.24. The number of Topliss-reactive ketones (excluding diaryl/α,β-unsaturated/α-hetero) is 1. The molecule has 4 rings (SSSR count). The summed E-state index contributed by atoms with van der Waals surface area (Å²) in [4.78, 5) is 21.8. The van der Waals surface area contributed by atoms with Crippen LogP contribution in [-0.4, -0.2) is 22.9 Å². The van der Waals surface area contributed by atoms with Gasteiger partial charge in [-0.15, -0.1) is 0 Å². The summed E-state index contributed by atoms with van der Waals surface area (Å²) in [7, 11) is 1.68. The standard InChI is InChI=1S/C24H25N3O2/c1-4-19-23-20(27-24(25)26-19)12-15(13-21(23)28)16-10-9-14(2)11-18(16)17-7-5-6-8-22(17)29-3/h5-11,15H,4,12-13H2,1-3H3,(H2,25,26,27). The van der Waals surface area contributed by atoms with E-state index in [0.29, 0.717) is 24.8 Å². The van der Waals surface area contributed by atoms with Crippen molar-refractivity contribution in [2.45, 2.75) is 39.0 Å². The van der Waals surface area contributed by atoms with E-state index >= 15 is 0 Å². The van der Waals surface area contributed by atoms with E-state index < -0.39 is 0 Å². The zero-order valence-corrected chi connectivity index (χ0v) is 17.0. The molecule has 148 valence electrons. The Balaban J connectivity index is 1.83. The second-order valence-electron chi connectivity index (χ2n) is 7.52. The number of rotatable bonds is 4. The van der Waals surface area contributed by atoms with Gasteiger partial charge in [0.05, 0.1) is 24.1 Å². The van der Waals surface area contributed by atoms with Crippen molar-refractivity contribution in [2.75, 3.05) is 12.8 Å². The van der Waals surface area contributed by atoms with Crippen LogP contribution in [0.2, 0.25) is 0 Å². The Morgan fingerprint density at radius 2 is 1.90 bits per heavy atom. The third-order valence-electron chi connectivity index (χ3n) is 5.61. The molecule has 1 aliphatic rings. The fourth-order valence-electron chi connectivity index (χ4n) is 4.28. The van der Waals surface area contributed by atoms with Gasteiger partial charge in [-0.25, -0.2) is 9.97 Å². The smallest absolute Gasteiger partial charge is 0.220 e. The minimum atomic E-state index is 0.0366. The molecule has 5 heteroatoms. The van der Waals surface area contributed by atoms with E-state index in [1.165, 1.54) is 0 Å². The number of nitrogen functional groups attached to an aromatic ring is 1. The second-order valence-corrected chi connectivity index (χ2v) is 7.52. The first-order chi connectivity index (χ1) is 14.0. The molecule has 29 heavy (non-hydrogen) atoms. The zero-order valence-electron chi connectivity index (χ0n) is 17.0. The number of nitrogens with two attached hydrogens (primary N) is 1. The fraction of sp³-hybridized carbons (Fsp3) is 0.292. The maximum Gasteiger partial charge on any atom is 0.220 e. The van der Waals surface area contributed by atoms with Gasteiger partial charge >= 0.3 is 0 Å². The van der Waals surface area contributed by atoms with E-state index in [-0.39, 0.29) is 17.6 Å². The Morgan fingerprint density at radius 3 is 2.66 bits per heavy atom. The summed E-state index contributed by atoms with van der Waals surface area (Å²) >= 11 is 0. The summed E-state index contributed by atoms with van der Waals surface area (Å²) in [6.07, 6.45) is 1.78. The highest BCUT2D eigenvalue weighted by Crippen LogP contribution is 2.41. The Kier molecular flexibility index (Phi) is 5.05. The molecule has 0 aliphatic heterocycles. The van der Waals surface area contributed by atoms with Crippen LogP contribution in [0.25, 0.3) is 11.1 Å². The van der Waals surface area contributed by atoms with E-state index in [2.05, 4.69) is 41.2 Å². The van der Waals surface area contributed by atoms with Gasteiger partial charge < -0.3 is 10.5 Å². The van der Waals surface area contributed by atoms with Gasteiger partial charge in [0, 0.05) is 12.0 Å². The van der Waals surface area contributed by atoms with E-state index in [9.17, 15) is 4.79 Å². The molecule has 2 aromatic carbocycles. The summed E-state index contributed by atoms with van der Waals surface area (Å²) in [5.41, 5.74) is 12.5. The summed E-state index contributed by atoms with van der Waals surface area (Å²) in [5.74, 6) is 1.19. The Hall–Kier alpha value is -3.21. The fourth-order valence-corrected chi connectivity index (χ4v) is 4.28.